The monoisotopic (exact) mass is 406 g/mol. The molecule has 0 saturated heterocycles. The van der Waals surface area contributed by atoms with E-state index in [0.717, 1.165) is 56.6 Å². The minimum Gasteiger partial charge on any atom is -0.481 e. The summed E-state index contributed by atoms with van der Waals surface area (Å²) in [6.45, 7) is 4.67. The van der Waals surface area contributed by atoms with E-state index in [-0.39, 0.29) is 0 Å². The Morgan fingerprint density at radius 2 is 1.97 bits per heavy atom. The van der Waals surface area contributed by atoms with E-state index in [2.05, 4.69) is 35.8 Å². The Bertz CT molecular complexity index is 914. The first-order valence-corrected chi connectivity index (χ1v) is 10.5. The number of para-hydroxylation sites is 1. The topological polar surface area (TPSA) is 111 Å². The van der Waals surface area contributed by atoms with E-state index >= 15 is 0 Å². The molecule has 2 aromatic carbocycles. The molecule has 30 heavy (non-hydrogen) atoms. The van der Waals surface area contributed by atoms with Gasteiger partial charge in [0.1, 0.15) is 6.07 Å². The Hall–Kier alpha value is -3.04. The summed E-state index contributed by atoms with van der Waals surface area (Å²) < 4.78 is 0. The van der Waals surface area contributed by atoms with Gasteiger partial charge in [0.15, 0.2) is 0 Å². The average Bonchev–Trinajstić information content (AvgIpc) is 2.71. The lowest BCUT2D eigenvalue weighted by Crippen LogP contribution is -2.42. The molecule has 1 aliphatic carbocycles. The molecule has 1 aliphatic rings. The molecule has 2 aromatic rings. The van der Waals surface area contributed by atoms with E-state index < -0.39 is 11.4 Å². The van der Waals surface area contributed by atoms with E-state index in [4.69, 9.17) is 11.0 Å². The highest BCUT2D eigenvalue weighted by Gasteiger charge is 2.45. The summed E-state index contributed by atoms with van der Waals surface area (Å²) >= 11 is 0. The van der Waals surface area contributed by atoms with Crippen molar-refractivity contribution >= 4 is 17.3 Å². The second kappa shape index (κ2) is 9.64. The summed E-state index contributed by atoms with van der Waals surface area (Å²) in [5.74, 6) is -0.358. The van der Waals surface area contributed by atoms with Crippen LogP contribution < -0.4 is 16.4 Å². The number of nitriles is 1. The van der Waals surface area contributed by atoms with E-state index in [1.165, 1.54) is 5.56 Å². The fourth-order valence-electron chi connectivity index (χ4n) is 3.98. The van der Waals surface area contributed by atoms with Crippen LogP contribution in [-0.2, 0) is 10.2 Å². The van der Waals surface area contributed by atoms with Crippen LogP contribution in [0.4, 0.5) is 11.4 Å². The zero-order chi connectivity index (χ0) is 21.6. The van der Waals surface area contributed by atoms with Crippen LogP contribution in [0.2, 0.25) is 0 Å². The van der Waals surface area contributed by atoms with Gasteiger partial charge in [0.05, 0.1) is 22.4 Å². The van der Waals surface area contributed by atoms with E-state index in [9.17, 15) is 9.90 Å². The summed E-state index contributed by atoms with van der Waals surface area (Å²) in [5.41, 5.74) is 9.24. The Morgan fingerprint density at radius 3 is 2.57 bits per heavy atom. The molecule has 0 heterocycles. The molecule has 0 amide bonds. The number of anilines is 2. The first-order chi connectivity index (χ1) is 14.5. The van der Waals surface area contributed by atoms with Gasteiger partial charge in [-0.2, -0.15) is 5.26 Å². The molecule has 1 saturated carbocycles. The molecule has 0 spiro atoms. The maximum atomic E-state index is 11.7. The highest BCUT2D eigenvalue weighted by molar-refractivity contribution is 5.82. The van der Waals surface area contributed by atoms with Crippen LogP contribution in [0.15, 0.2) is 42.5 Å². The number of carbonyl (C=O) groups is 1. The summed E-state index contributed by atoms with van der Waals surface area (Å²) in [5, 5.41) is 25.4. The first-order valence-electron chi connectivity index (χ1n) is 10.5. The van der Waals surface area contributed by atoms with Crippen molar-refractivity contribution in [2.75, 3.05) is 30.7 Å². The van der Waals surface area contributed by atoms with Crippen molar-refractivity contribution in [3.63, 3.8) is 0 Å². The highest BCUT2D eigenvalue weighted by atomic mass is 16.4. The summed E-state index contributed by atoms with van der Waals surface area (Å²) in [6, 6.07) is 15.6. The highest BCUT2D eigenvalue weighted by Crippen LogP contribution is 2.44. The van der Waals surface area contributed by atoms with Crippen molar-refractivity contribution in [2.45, 2.75) is 43.9 Å². The number of aliphatic carboxylic acids is 1. The summed E-state index contributed by atoms with van der Waals surface area (Å²) in [6.07, 6.45) is 3.39. The molecule has 0 bridgehead atoms. The van der Waals surface area contributed by atoms with Gasteiger partial charge in [-0.3, -0.25) is 4.79 Å². The lowest BCUT2D eigenvalue weighted by Gasteiger charge is -2.38. The largest absolute Gasteiger partial charge is 0.481 e. The maximum absolute atomic E-state index is 11.7. The fraction of sp³-hybridized carbons (Fsp3) is 0.417. The lowest BCUT2D eigenvalue weighted by atomic mass is 9.64. The van der Waals surface area contributed by atoms with Gasteiger partial charge >= 0.3 is 5.97 Å². The molecule has 6 heteroatoms. The van der Waals surface area contributed by atoms with Crippen molar-refractivity contribution in [3.8, 4) is 6.07 Å². The number of nitrogens with two attached hydrogens (primary N) is 1. The van der Waals surface area contributed by atoms with Crippen molar-refractivity contribution in [1.29, 1.82) is 5.26 Å². The van der Waals surface area contributed by atoms with Gasteiger partial charge in [0.25, 0.3) is 0 Å². The van der Waals surface area contributed by atoms with Gasteiger partial charge in [-0.25, -0.2) is 0 Å². The molecule has 0 aromatic heterocycles. The number of nitrogens with one attached hydrogen (secondary N) is 2. The summed E-state index contributed by atoms with van der Waals surface area (Å²) in [4.78, 5) is 11.7. The van der Waals surface area contributed by atoms with Crippen LogP contribution in [0.3, 0.4) is 0 Å². The van der Waals surface area contributed by atoms with Crippen LogP contribution >= 0.6 is 0 Å². The van der Waals surface area contributed by atoms with Crippen LogP contribution in [0.5, 0.6) is 0 Å². The Labute approximate surface area is 178 Å². The van der Waals surface area contributed by atoms with Crippen molar-refractivity contribution in [2.24, 2.45) is 0 Å². The van der Waals surface area contributed by atoms with Gasteiger partial charge < -0.3 is 21.5 Å². The molecule has 6 nitrogen and oxygen atoms in total. The van der Waals surface area contributed by atoms with Gasteiger partial charge in [-0.05, 0) is 55.0 Å². The zero-order valence-corrected chi connectivity index (χ0v) is 17.4. The van der Waals surface area contributed by atoms with Crippen molar-refractivity contribution < 1.29 is 9.90 Å². The number of carboxylic acids is 1. The molecule has 1 fully saturated rings. The van der Waals surface area contributed by atoms with Crippen molar-refractivity contribution in [3.05, 3.63) is 59.2 Å². The Morgan fingerprint density at radius 1 is 1.23 bits per heavy atom. The fourth-order valence-corrected chi connectivity index (χ4v) is 3.98. The van der Waals surface area contributed by atoms with Crippen LogP contribution in [0.25, 0.3) is 0 Å². The second-order valence-electron chi connectivity index (χ2n) is 8.13. The molecular formula is C24H30N4O2. The van der Waals surface area contributed by atoms with Gasteiger partial charge in [-0.15, -0.1) is 0 Å². The number of rotatable bonds is 10. The number of hydrogen-bond donors (Lipinski definition) is 4. The molecule has 1 unspecified atom stereocenters. The standard InChI is InChI=1S/C24H30N4O2/c1-17(18-7-9-20(10-8-18)24(23(29)30)11-3-12-24)16-27-13-4-14-28-21-6-2-5-19(15-25)22(21)26/h2,5-10,17,27-28H,3-4,11-14,16,26H2,1H3,(H,29,30). The smallest absolute Gasteiger partial charge is 0.314 e. The normalized spacial score (nSPS) is 15.6. The Balaban J connectivity index is 1.40. The van der Waals surface area contributed by atoms with Gasteiger partial charge in [0.2, 0.25) is 0 Å². The first kappa shape index (κ1) is 21.7. The summed E-state index contributed by atoms with van der Waals surface area (Å²) in [7, 11) is 0. The third-order valence-electron chi connectivity index (χ3n) is 6.17. The van der Waals surface area contributed by atoms with E-state index in [1.807, 2.05) is 24.3 Å². The zero-order valence-electron chi connectivity index (χ0n) is 17.4. The molecule has 0 aliphatic heterocycles. The molecule has 5 N–H and O–H groups in total. The van der Waals surface area contributed by atoms with Gasteiger partial charge in [0, 0.05) is 13.1 Å². The predicted molar refractivity (Wildman–Crippen MR) is 120 cm³/mol. The molecule has 158 valence electrons. The minimum atomic E-state index is -0.703. The maximum Gasteiger partial charge on any atom is 0.314 e. The number of carboxylic acid groups (broad SMARTS) is 1. The molecule has 3 rings (SSSR count). The second-order valence-corrected chi connectivity index (χ2v) is 8.13. The van der Waals surface area contributed by atoms with E-state index in [0.29, 0.717) is 17.2 Å². The van der Waals surface area contributed by atoms with Crippen LogP contribution in [0, 0.1) is 11.3 Å². The molecular weight excluding hydrogens is 376 g/mol. The van der Waals surface area contributed by atoms with Gasteiger partial charge in [-0.1, -0.05) is 43.7 Å². The molecule has 0 radical (unpaired) electrons. The van der Waals surface area contributed by atoms with E-state index in [1.54, 1.807) is 6.07 Å². The SMILES string of the molecule is CC(CNCCCNc1cccc(C#N)c1N)c1ccc(C2(C(=O)O)CCC2)cc1. The Kier molecular flexibility index (Phi) is 6.96. The van der Waals surface area contributed by atoms with Crippen LogP contribution in [0.1, 0.15) is 55.2 Å². The average molecular weight is 407 g/mol. The third-order valence-corrected chi connectivity index (χ3v) is 6.17. The van der Waals surface area contributed by atoms with Crippen LogP contribution in [-0.4, -0.2) is 30.7 Å². The number of hydrogen-bond acceptors (Lipinski definition) is 5. The van der Waals surface area contributed by atoms with Crippen molar-refractivity contribution in [1.82, 2.24) is 5.32 Å². The third kappa shape index (κ3) is 4.58. The predicted octanol–water partition coefficient (Wildman–Crippen LogP) is 3.84. The quantitative estimate of drug-likeness (QED) is 0.352. The lowest BCUT2D eigenvalue weighted by molar-refractivity contribution is -0.147. The molecule has 1 atom stereocenters. The number of nitrogen functional groups attached to an aromatic ring is 1. The minimum absolute atomic E-state index is 0.345. The number of nitrogens with zero attached hydrogens (tertiary/aromatic N) is 1. The number of benzene rings is 2.